The monoisotopic (exact) mass is 264 g/mol. The average molecular weight is 264 g/mol. The molecule has 0 unspecified atom stereocenters. The van der Waals surface area contributed by atoms with Gasteiger partial charge in [0.15, 0.2) is 0 Å². The molecule has 1 rings (SSSR count). The molecule has 0 aromatic heterocycles. The minimum Gasteiger partial charge on any atom is -0.376 e. The van der Waals surface area contributed by atoms with Crippen LogP contribution in [0.4, 0.5) is 0 Å². The number of hydrogen-bond donors (Lipinski definition) is 2. The van der Waals surface area contributed by atoms with Gasteiger partial charge in [-0.1, -0.05) is 37.3 Å². The molecule has 4 heteroatoms. The third kappa shape index (κ3) is 7.59. The second-order valence-corrected chi connectivity index (χ2v) is 4.55. The molecule has 1 aromatic rings. The Morgan fingerprint density at radius 2 is 2.05 bits per heavy atom. The molecule has 0 saturated heterocycles. The lowest BCUT2D eigenvalue weighted by atomic mass is 10.2. The van der Waals surface area contributed by atoms with Crippen LogP contribution in [0.15, 0.2) is 30.3 Å². The lowest BCUT2D eigenvalue weighted by Gasteiger charge is -2.13. The van der Waals surface area contributed by atoms with Gasteiger partial charge in [-0.2, -0.15) is 0 Å². The Morgan fingerprint density at radius 1 is 1.32 bits per heavy atom. The largest absolute Gasteiger partial charge is 0.376 e. The molecule has 0 spiro atoms. The fourth-order valence-electron chi connectivity index (χ4n) is 1.71. The van der Waals surface area contributed by atoms with Crippen molar-refractivity contribution < 1.29 is 9.53 Å². The van der Waals surface area contributed by atoms with Crippen molar-refractivity contribution in [2.45, 2.75) is 32.9 Å². The van der Waals surface area contributed by atoms with E-state index in [0.29, 0.717) is 32.2 Å². The van der Waals surface area contributed by atoms with Gasteiger partial charge in [-0.3, -0.25) is 4.79 Å². The number of carbonyl (C=O) groups excluding carboxylic acids is 1. The normalized spacial score (nSPS) is 12.1. The fourth-order valence-corrected chi connectivity index (χ4v) is 1.71. The standard InChI is InChI=1S/C15H24N2O2/c1-3-16-13(2)11-17-15(18)9-10-19-12-14-7-5-4-6-8-14/h4-8,13,16H,3,9-12H2,1-2H3,(H,17,18)/t13-/m1/s1. The summed E-state index contributed by atoms with van der Waals surface area (Å²) >= 11 is 0. The van der Waals surface area contributed by atoms with Crippen molar-refractivity contribution >= 4 is 5.91 Å². The number of rotatable bonds is 9. The Kier molecular flexibility index (Phi) is 7.86. The van der Waals surface area contributed by atoms with Crippen LogP contribution in [0.5, 0.6) is 0 Å². The highest BCUT2D eigenvalue weighted by atomic mass is 16.5. The molecule has 0 aliphatic heterocycles. The zero-order valence-electron chi connectivity index (χ0n) is 11.8. The van der Waals surface area contributed by atoms with Gasteiger partial charge in [0.2, 0.25) is 5.91 Å². The summed E-state index contributed by atoms with van der Waals surface area (Å²) in [5.41, 5.74) is 1.13. The fraction of sp³-hybridized carbons (Fsp3) is 0.533. The van der Waals surface area contributed by atoms with Gasteiger partial charge in [-0.15, -0.1) is 0 Å². The van der Waals surface area contributed by atoms with E-state index < -0.39 is 0 Å². The second-order valence-electron chi connectivity index (χ2n) is 4.55. The molecule has 0 heterocycles. The molecule has 4 nitrogen and oxygen atoms in total. The summed E-state index contributed by atoms with van der Waals surface area (Å²) in [7, 11) is 0. The molecule has 19 heavy (non-hydrogen) atoms. The van der Waals surface area contributed by atoms with Crippen molar-refractivity contribution in [2.24, 2.45) is 0 Å². The third-order valence-corrected chi connectivity index (χ3v) is 2.74. The lowest BCUT2D eigenvalue weighted by molar-refractivity contribution is -0.122. The van der Waals surface area contributed by atoms with Crippen LogP contribution in [0.3, 0.4) is 0 Å². The lowest BCUT2D eigenvalue weighted by Crippen LogP contribution is -2.39. The van der Waals surface area contributed by atoms with Gasteiger partial charge < -0.3 is 15.4 Å². The third-order valence-electron chi connectivity index (χ3n) is 2.74. The Labute approximate surface area is 115 Å². The van der Waals surface area contributed by atoms with Crippen LogP contribution in [0.1, 0.15) is 25.8 Å². The zero-order chi connectivity index (χ0) is 13.9. The molecule has 1 atom stereocenters. The number of carbonyl (C=O) groups is 1. The van der Waals surface area contributed by atoms with E-state index in [1.54, 1.807) is 0 Å². The average Bonchev–Trinajstić information content (AvgIpc) is 2.43. The Bertz CT molecular complexity index is 354. The number of ether oxygens (including phenoxy) is 1. The number of amides is 1. The first-order valence-electron chi connectivity index (χ1n) is 6.84. The highest BCUT2D eigenvalue weighted by Crippen LogP contribution is 2.00. The van der Waals surface area contributed by atoms with Gasteiger partial charge in [0.1, 0.15) is 0 Å². The van der Waals surface area contributed by atoms with Crippen molar-refractivity contribution in [3.05, 3.63) is 35.9 Å². The molecule has 0 radical (unpaired) electrons. The highest BCUT2D eigenvalue weighted by molar-refractivity contribution is 5.75. The van der Waals surface area contributed by atoms with Crippen molar-refractivity contribution in [1.29, 1.82) is 0 Å². The van der Waals surface area contributed by atoms with Crippen LogP contribution in [0.25, 0.3) is 0 Å². The van der Waals surface area contributed by atoms with E-state index in [1.165, 1.54) is 0 Å². The molecule has 2 N–H and O–H groups in total. The molecule has 0 bridgehead atoms. The molecular weight excluding hydrogens is 240 g/mol. The molecule has 106 valence electrons. The van der Waals surface area contributed by atoms with Crippen molar-refractivity contribution in [3.63, 3.8) is 0 Å². The van der Waals surface area contributed by atoms with Gasteiger partial charge in [0.25, 0.3) is 0 Å². The van der Waals surface area contributed by atoms with E-state index in [-0.39, 0.29) is 5.91 Å². The zero-order valence-corrected chi connectivity index (χ0v) is 11.8. The quantitative estimate of drug-likeness (QED) is 0.668. The smallest absolute Gasteiger partial charge is 0.222 e. The van der Waals surface area contributed by atoms with Crippen molar-refractivity contribution in [2.75, 3.05) is 19.7 Å². The molecule has 0 aliphatic carbocycles. The molecule has 0 aliphatic rings. The predicted molar refractivity (Wildman–Crippen MR) is 76.9 cm³/mol. The number of hydrogen-bond acceptors (Lipinski definition) is 3. The van der Waals surface area contributed by atoms with E-state index in [1.807, 2.05) is 30.3 Å². The minimum absolute atomic E-state index is 0.0396. The second kappa shape index (κ2) is 9.53. The maximum Gasteiger partial charge on any atom is 0.222 e. The van der Waals surface area contributed by atoms with Gasteiger partial charge in [0, 0.05) is 19.0 Å². The van der Waals surface area contributed by atoms with Crippen LogP contribution < -0.4 is 10.6 Å². The Morgan fingerprint density at radius 3 is 2.74 bits per heavy atom. The van der Waals surface area contributed by atoms with E-state index in [4.69, 9.17) is 4.74 Å². The topological polar surface area (TPSA) is 50.4 Å². The van der Waals surface area contributed by atoms with Crippen molar-refractivity contribution in [3.8, 4) is 0 Å². The van der Waals surface area contributed by atoms with Gasteiger partial charge in [-0.05, 0) is 19.0 Å². The SMILES string of the molecule is CCN[C@H](C)CNC(=O)CCOCc1ccccc1. The molecular formula is C15H24N2O2. The molecule has 1 amide bonds. The summed E-state index contributed by atoms with van der Waals surface area (Å²) in [6.45, 7) is 6.69. The summed E-state index contributed by atoms with van der Waals surface area (Å²) in [4.78, 5) is 11.5. The predicted octanol–water partition coefficient (Wildman–Crippen LogP) is 1.71. The maximum absolute atomic E-state index is 11.5. The van der Waals surface area contributed by atoms with E-state index >= 15 is 0 Å². The summed E-state index contributed by atoms with van der Waals surface area (Å²) < 4.78 is 5.47. The Balaban J connectivity index is 2.04. The number of likely N-dealkylation sites (N-methyl/N-ethyl adjacent to an activating group) is 1. The first-order valence-corrected chi connectivity index (χ1v) is 6.84. The van der Waals surface area contributed by atoms with Gasteiger partial charge in [0.05, 0.1) is 13.2 Å². The van der Waals surface area contributed by atoms with E-state index in [0.717, 1.165) is 12.1 Å². The number of nitrogens with one attached hydrogen (secondary N) is 2. The van der Waals surface area contributed by atoms with Crippen molar-refractivity contribution in [1.82, 2.24) is 10.6 Å². The van der Waals surface area contributed by atoms with E-state index in [9.17, 15) is 4.79 Å². The van der Waals surface area contributed by atoms with Gasteiger partial charge in [-0.25, -0.2) is 0 Å². The molecule has 0 saturated carbocycles. The van der Waals surface area contributed by atoms with Crippen LogP contribution in [0, 0.1) is 0 Å². The van der Waals surface area contributed by atoms with E-state index in [2.05, 4.69) is 24.5 Å². The Hall–Kier alpha value is -1.39. The van der Waals surface area contributed by atoms with Gasteiger partial charge >= 0.3 is 0 Å². The first kappa shape index (κ1) is 15.7. The van der Waals surface area contributed by atoms with Crippen LogP contribution in [-0.4, -0.2) is 31.6 Å². The highest BCUT2D eigenvalue weighted by Gasteiger charge is 2.04. The minimum atomic E-state index is 0.0396. The maximum atomic E-state index is 11.5. The van der Waals surface area contributed by atoms with Crippen LogP contribution in [-0.2, 0) is 16.1 Å². The molecule has 0 fully saturated rings. The summed E-state index contributed by atoms with van der Waals surface area (Å²) in [5.74, 6) is 0.0396. The number of benzene rings is 1. The first-order chi connectivity index (χ1) is 9.22. The molecule has 1 aromatic carbocycles. The van der Waals surface area contributed by atoms with Crippen LogP contribution in [0.2, 0.25) is 0 Å². The van der Waals surface area contributed by atoms with Crippen LogP contribution >= 0.6 is 0 Å². The summed E-state index contributed by atoms with van der Waals surface area (Å²) in [5, 5.41) is 6.13. The summed E-state index contributed by atoms with van der Waals surface area (Å²) in [6.07, 6.45) is 0.408. The summed E-state index contributed by atoms with van der Waals surface area (Å²) in [6, 6.07) is 10.3.